The molecule has 104 valence electrons. The largest absolute Gasteiger partial charge is 0.481 e. The van der Waals surface area contributed by atoms with Crippen LogP contribution in [0.25, 0.3) is 0 Å². The van der Waals surface area contributed by atoms with Crippen molar-refractivity contribution in [2.45, 2.75) is 19.6 Å². The number of methoxy groups -OCH3 is 1. The average Bonchev–Trinajstić information content (AvgIpc) is 2.88. The number of nitrogens with zero attached hydrogens (tertiary/aromatic N) is 3. The lowest BCUT2D eigenvalue weighted by atomic mass is 10.2. The zero-order valence-corrected chi connectivity index (χ0v) is 11.7. The summed E-state index contributed by atoms with van der Waals surface area (Å²) >= 11 is 5.93. The second-order valence-corrected chi connectivity index (χ2v) is 4.40. The number of halogens is 1. The highest BCUT2D eigenvalue weighted by Crippen LogP contribution is 2.25. The molecule has 0 spiro atoms. The van der Waals surface area contributed by atoms with Crippen molar-refractivity contribution in [1.29, 1.82) is 5.26 Å². The first-order chi connectivity index (χ1) is 9.63. The van der Waals surface area contributed by atoms with E-state index in [4.69, 9.17) is 30.9 Å². The highest BCUT2D eigenvalue weighted by molar-refractivity contribution is 6.31. The van der Waals surface area contributed by atoms with Crippen LogP contribution in [0.1, 0.15) is 30.3 Å². The molecule has 2 aromatic rings. The maximum absolute atomic E-state index is 8.80. The second-order valence-electron chi connectivity index (χ2n) is 4.00. The van der Waals surface area contributed by atoms with Crippen LogP contribution in [0.3, 0.4) is 0 Å². The molecule has 0 saturated carbocycles. The van der Waals surface area contributed by atoms with Crippen LogP contribution in [0.15, 0.2) is 22.7 Å². The molecular formula is C13H12ClN3O3. The van der Waals surface area contributed by atoms with Gasteiger partial charge in [0.2, 0.25) is 0 Å². The van der Waals surface area contributed by atoms with Crippen molar-refractivity contribution in [3.8, 4) is 11.8 Å². The number of aromatic nitrogens is 2. The summed E-state index contributed by atoms with van der Waals surface area (Å²) < 4.78 is 15.6. The molecule has 0 saturated heterocycles. The molecule has 1 unspecified atom stereocenters. The standard InChI is InChI=1S/C13H12ClN3O3/c1-8(13-16-12(7-18-2)17-20-13)19-10-4-3-9(6-15)11(14)5-10/h3-5,8H,7H2,1-2H3. The Morgan fingerprint density at radius 1 is 1.50 bits per heavy atom. The molecule has 1 aromatic heterocycles. The lowest BCUT2D eigenvalue weighted by molar-refractivity contribution is 0.169. The van der Waals surface area contributed by atoms with Gasteiger partial charge in [-0.05, 0) is 19.1 Å². The molecular weight excluding hydrogens is 282 g/mol. The Kier molecular flexibility index (Phi) is 4.56. The number of hydrogen-bond donors (Lipinski definition) is 0. The minimum absolute atomic E-state index is 0.277. The van der Waals surface area contributed by atoms with Gasteiger partial charge in [0, 0.05) is 13.2 Å². The van der Waals surface area contributed by atoms with Crippen molar-refractivity contribution in [2.24, 2.45) is 0 Å². The lowest BCUT2D eigenvalue weighted by Crippen LogP contribution is -2.04. The van der Waals surface area contributed by atoms with Gasteiger partial charge in [-0.3, -0.25) is 0 Å². The number of ether oxygens (including phenoxy) is 2. The molecule has 0 N–H and O–H groups in total. The molecule has 2 rings (SSSR count). The van der Waals surface area contributed by atoms with E-state index in [0.717, 1.165) is 0 Å². The summed E-state index contributed by atoms with van der Waals surface area (Å²) in [7, 11) is 1.55. The molecule has 1 aromatic carbocycles. The van der Waals surface area contributed by atoms with Crippen LogP contribution >= 0.6 is 11.6 Å². The molecule has 0 aliphatic rings. The minimum atomic E-state index is -0.433. The van der Waals surface area contributed by atoms with Crippen molar-refractivity contribution >= 4 is 11.6 Å². The van der Waals surface area contributed by atoms with E-state index >= 15 is 0 Å². The summed E-state index contributed by atoms with van der Waals surface area (Å²) in [6.45, 7) is 2.05. The molecule has 0 amide bonds. The summed E-state index contributed by atoms with van der Waals surface area (Å²) in [5.41, 5.74) is 0.395. The summed E-state index contributed by atoms with van der Waals surface area (Å²) in [4.78, 5) is 4.14. The van der Waals surface area contributed by atoms with E-state index in [-0.39, 0.29) is 6.61 Å². The highest BCUT2D eigenvalue weighted by Gasteiger charge is 2.16. The maximum Gasteiger partial charge on any atom is 0.267 e. The predicted molar refractivity (Wildman–Crippen MR) is 70.2 cm³/mol. The normalized spacial score (nSPS) is 11.9. The molecule has 7 heteroatoms. The minimum Gasteiger partial charge on any atom is -0.481 e. The predicted octanol–water partition coefficient (Wildman–Crippen LogP) is 2.88. The van der Waals surface area contributed by atoms with E-state index in [0.29, 0.717) is 28.1 Å². The smallest absolute Gasteiger partial charge is 0.267 e. The van der Waals surface area contributed by atoms with Crippen molar-refractivity contribution in [2.75, 3.05) is 7.11 Å². The third-order valence-electron chi connectivity index (χ3n) is 2.48. The van der Waals surface area contributed by atoms with Gasteiger partial charge in [-0.1, -0.05) is 16.8 Å². The Hall–Kier alpha value is -2.10. The van der Waals surface area contributed by atoms with Gasteiger partial charge >= 0.3 is 0 Å². The fraction of sp³-hybridized carbons (Fsp3) is 0.308. The van der Waals surface area contributed by atoms with E-state index in [9.17, 15) is 0 Å². The third-order valence-corrected chi connectivity index (χ3v) is 2.79. The van der Waals surface area contributed by atoms with Crippen molar-refractivity contribution in [3.63, 3.8) is 0 Å². The fourth-order valence-corrected chi connectivity index (χ4v) is 1.75. The van der Waals surface area contributed by atoms with Gasteiger partial charge in [0.1, 0.15) is 18.4 Å². The van der Waals surface area contributed by atoms with Gasteiger partial charge < -0.3 is 14.0 Å². The molecule has 0 radical (unpaired) electrons. The quantitative estimate of drug-likeness (QED) is 0.843. The van der Waals surface area contributed by atoms with Crippen molar-refractivity contribution in [3.05, 3.63) is 40.5 Å². The number of nitriles is 1. The molecule has 1 heterocycles. The average molecular weight is 294 g/mol. The number of hydrogen-bond acceptors (Lipinski definition) is 6. The SMILES string of the molecule is COCc1noc(C(C)Oc2ccc(C#N)c(Cl)c2)n1. The topological polar surface area (TPSA) is 81.2 Å². The van der Waals surface area contributed by atoms with E-state index in [1.165, 1.54) is 0 Å². The van der Waals surface area contributed by atoms with Crippen LogP contribution in [0.2, 0.25) is 5.02 Å². The first kappa shape index (κ1) is 14.3. The first-order valence-corrected chi connectivity index (χ1v) is 6.19. The second kappa shape index (κ2) is 6.37. The summed E-state index contributed by atoms with van der Waals surface area (Å²) in [6, 6.07) is 6.81. The van der Waals surface area contributed by atoms with Crippen LogP contribution in [0.5, 0.6) is 5.75 Å². The Morgan fingerprint density at radius 3 is 2.95 bits per heavy atom. The maximum atomic E-state index is 8.80. The summed E-state index contributed by atoms with van der Waals surface area (Å²) in [5, 5.41) is 12.9. The molecule has 20 heavy (non-hydrogen) atoms. The lowest BCUT2D eigenvalue weighted by Gasteiger charge is -2.11. The van der Waals surface area contributed by atoms with Gasteiger partial charge in [0.05, 0.1) is 10.6 Å². The molecule has 0 aliphatic heterocycles. The Labute approximate surface area is 120 Å². The van der Waals surface area contributed by atoms with Crippen LogP contribution in [-0.4, -0.2) is 17.3 Å². The van der Waals surface area contributed by atoms with Crippen LogP contribution in [0.4, 0.5) is 0 Å². The zero-order valence-electron chi connectivity index (χ0n) is 11.0. The van der Waals surface area contributed by atoms with Gasteiger partial charge in [-0.2, -0.15) is 10.2 Å². The zero-order chi connectivity index (χ0) is 14.5. The molecule has 0 bridgehead atoms. The summed E-state index contributed by atoms with van der Waals surface area (Å²) in [5.74, 6) is 1.32. The Bertz CT molecular complexity index is 636. The monoisotopic (exact) mass is 293 g/mol. The molecule has 0 aliphatic carbocycles. The van der Waals surface area contributed by atoms with Gasteiger partial charge in [-0.25, -0.2) is 0 Å². The number of rotatable bonds is 5. The van der Waals surface area contributed by atoms with E-state index in [1.807, 2.05) is 6.07 Å². The first-order valence-electron chi connectivity index (χ1n) is 5.81. The third kappa shape index (κ3) is 3.26. The van der Waals surface area contributed by atoms with Gasteiger partial charge in [0.15, 0.2) is 11.9 Å². The fourth-order valence-electron chi connectivity index (χ4n) is 1.53. The Balaban J connectivity index is 2.08. The van der Waals surface area contributed by atoms with Gasteiger partial charge in [-0.15, -0.1) is 0 Å². The Morgan fingerprint density at radius 2 is 2.30 bits per heavy atom. The van der Waals surface area contributed by atoms with Gasteiger partial charge in [0.25, 0.3) is 5.89 Å². The van der Waals surface area contributed by atoms with E-state index < -0.39 is 6.10 Å². The van der Waals surface area contributed by atoms with Crippen LogP contribution < -0.4 is 4.74 Å². The van der Waals surface area contributed by atoms with E-state index in [2.05, 4.69) is 10.1 Å². The molecule has 1 atom stereocenters. The molecule has 0 fully saturated rings. The summed E-state index contributed by atoms with van der Waals surface area (Å²) in [6.07, 6.45) is -0.433. The number of benzene rings is 1. The molecule has 6 nitrogen and oxygen atoms in total. The van der Waals surface area contributed by atoms with Crippen molar-refractivity contribution < 1.29 is 14.0 Å². The van der Waals surface area contributed by atoms with Crippen molar-refractivity contribution in [1.82, 2.24) is 10.1 Å². The van der Waals surface area contributed by atoms with Crippen LogP contribution in [-0.2, 0) is 11.3 Å². The van der Waals surface area contributed by atoms with Crippen LogP contribution in [0, 0.1) is 11.3 Å². The highest BCUT2D eigenvalue weighted by atomic mass is 35.5. The van der Waals surface area contributed by atoms with E-state index in [1.54, 1.807) is 32.2 Å².